The molecule has 6 nitrogen and oxygen atoms in total. The first-order valence-electron chi connectivity index (χ1n) is 8.56. The van der Waals surface area contributed by atoms with Crippen molar-refractivity contribution in [1.29, 1.82) is 0 Å². The van der Waals surface area contributed by atoms with E-state index in [1.807, 2.05) is 25.1 Å². The molecule has 2 aromatic rings. The van der Waals surface area contributed by atoms with Crippen molar-refractivity contribution in [2.45, 2.75) is 32.9 Å². The first kappa shape index (κ1) is 19.0. The van der Waals surface area contributed by atoms with Gasteiger partial charge in [-0.15, -0.1) is 0 Å². The van der Waals surface area contributed by atoms with Crippen molar-refractivity contribution >= 4 is 34.8 Å². The van der Waals surface area contributed by atoms with Crippen LogP contribution in [0.2, 0.25) is 5.02 Å². The highest BCUT2D eigenvalue weighted by Crippen LogP contribution is 2.36. The zero-order chi connectivity index (χ0) is 19.7. The molecule has 7 heteroatoms. The molecule has 2 atom stereocenters. The van der Waals surface area contributed by atoms with Crippen LogP contribution in [-0.2, 0) is 9.59 Å². The van der Waals surface area contributed by atoms with Gasteiger partial charge in [0.05, 0.1) is 18.5 Å². The van der Waals surface area contributed by atoms with Gasteiger partial charge in [0.15, 0.2) is 6.10 Å². The fourth-order valence-corrected chi connectivity index (χ4v) is 3.17. The molecular formula is C20H21ClN2O4. The molecule has 0 radical (unpaired) electrons. The average molecular weight is 389 g/mol. The molecule has 1 aliphatic heterocycles. The number of nitrogens with one attached hydrogen (secondary N) is 1. The van der Waals surface area contributed by atoms with Crippen LogP contribution in [0.3, 0.4) is 0 Å². The summed E-state index contributed by atoms with van der Waals surface area (Å²) in [7, 11) is 1.51. The van der Waals surface area contributed by atoms with Crippen molar-refractivity contribution in [3.63, 3.8) is 0 Å². The van der Waals surface area contributed by atoms with Crippen molar-refractivity contribution in [3.8, 4) is 11.5 Å². The van der Waals surface area contributed by atoms with Crippen LogP contribution in [0.25, 0.3) is 0 Å². The monoisotopic (exact) mass is 388 g/mol. The van der Waals surface area contributed by atoms with Crippen LogP contribution >= 0.6 is 11.6 Å². The second-order valence-corrected chi connectivity index (χ2v) is 6.89. The Morgan fingerprint density at radius 3 is 2.74 bits per heavy atom. The van der Waals surface area contributed by atoms with E-state index in [4.69, 9.17) is 21.1 Å². The van der Waals surface area contributed by atoms with Gasteiger partial charge in [-0.25, -0.2) is 0 Å². The maximum atomic E-state index is 12.9. The number of hydrogen-bond acceptors (Lipinski definition) is 4. The van der Waals surface area contributed by atoms with E-state index in [1.54, 1.807) is 32.0 Å². The standard InChI is InChI=1S/C20H21ClN2O4/c1-11-5-7-18-16(9-11)23(20(25)13(3)27-18)12(2)19(24)22-15-10-14(21)6-8-17(15)26-4/h5-10,12-13H,1-4H3,(H,22,24). The zero-order valence-electron chi connectivity index (χ0n) is 15.6. The average Bonchev–Trinajstić information content (AvgIpc) is 2.63. The molecule has 1 aliphatic rings. The fourth-order valence-electron chi connectivity index (χ4n) is 3.00. The van der Waals surface area contributed by atoms with Gasteiger partial charge >= 0.3 is 0 Å². The summed E-state index contributed by atoms with van der Waals surface area (Å²) < 4.78 is 10.9. The second kappa shape index (κ2) is 7.48. The minimum absolute atomic E-state index is 0.270. The number of amides is 2. The van der Waals surface area contributed by atoms with Gasteiger partial charge in [-0.2, -0.15) is 0 Å². The maximum absolute atomic E-state index is 12.9. The summed E-state index contributed by atoms with van der Waals surface area (Å²) in [4.78, 5) is 27.1. The zero-order valence-corrected chi connectivity index (χ0v) is 16.3. The Bertz CT molecular complexity index is 900. The van der Waals surface area contributed by atoms with Gasteiger partial charge in [-0.3, -0.25) is 14.5 Å². The van der Waals surface area contributed by atoms with Gasteiger partial charge in [0.25, 0.3) is 5.91 Å². The number of hydrogen-bond donors (Lipinski definition) is 1. The summed E-state index contributed by atoms with van der Waals surface area (Å²) in [5.41, 5.74) is 1.99. The number of nitrogens with zero attached hydrogens (tertiary/aromatic N) is 1. The van der Waals surface area contributed by atoms with Gasteiger partial charge in [-0.05, 0) is 56.7 Å². The van der Waals surface area contributed by atoms with Gasteiger partial charge in [-0.1, -0.05) is 17.7 Å². The number of carbonyl (C=O) groups is 2. The molecule has 142 valence electrons. The quantitative estimate of drug-likeness (QED) is 0.865. The summed E-state index contributed by atoms with van der Waals surface area (Å²) in [5, 5.41) is 3.27. The Balaban J connectivity index is 1.92. The van der Waals surface area contributed by atoms with Crippen molar-refractivity contribution in [3.05, 3.63) is 47.0 Å². The predicted octanol–water partition coefficient (Wildman–Crippen LogP) is 3.80. The third-order valence-electron chi connectivity index (χ3n) is 4.45. The van der Waals surface area contributed by atoms with Crippen molar-refractivity contribution in [2.24, 2.45) is 0 Å². The minimum Gasteiger partial charge on any atom is -0.495 e. The molecule has 3 rings (SSSR count). The molecule has 0 aromatic heterocycles. The highest BCUT2D eigenvalue weighted by atomic mass is 35.5. The number of anilines is 2. The summed E-state index contributed by atoms with van der Waals surface area (Å²) in [5.74, 6) is 0.435. The number of ether oxygens (including phenoxy) is 2. The molecule has 0 saturated carbocycles. The summed E-state index contributed by atoms with van der Waals surface area (Å²) in [6.07, 6.45) is -0.670. The summed E-state index contributed by atoms with van der Waals surface area (Å²) >= 11 is 6.02. The van der Waals surface area contributed by atoms with E-state index in [2.05, 4.69) is 5.32 Å². The van der Waals surface area contributed by atoms with Crippen LogP contribution in [0, 0.1) is 6.92 Å². The Kier molecular flexibility index (Phi) is 5.28. The number of methoxy groups -OCH3 is 1. The molecular weight excluding hydrogens is 368 g/mol. The van der Waals surface area contributed by atoms with Crippen LogP contribution < -0.4 is 19.7 Å². The van der Waals surface area contributed by atoms with Gasteiger partial charge < -0.3 is 14.8 Å². The molecule has 2 amide bonds. The van der Waals surface area contributed by atoms with Crippen molar-refractivity contribution in [2.75, 3.05) is 17.3 Å². The Hall–Kier alpha value is -2.73. The maximum Gasteiger partial charge on any atom is 0.268 e. The van der Waals surface area contributed by atoms with Gasteiger partial charge in [0.2, 0.25) is 5.91 Å². The highest BCUT2D eigenvalue weighted by Gasteiger charge is 2.37. The number of benzene rings is 2. The van der Waals surface area contributed by atoms with E-state index < -0.39 is 12.1 Å². The van der Waals surface area contributed by atoms with Crippen molar-refractivity contribution in [1.82, 2.24) is 0 Å². The lowest BCUT2D eigenvalue weighted by Crippen LogP contribution is -2.52. The van der Waals surface area contributed by atoms with E-state index in [9.17, 15) is 9.59 Å². The Morgan fingerprint density at radius 1 is 1.30 bits per heavy atom. The predicted molar refractivity (Wildman–Crippen MR) is 105 cm³/mol. The fraction of sp³-hybridized carbons (Fsp3) is 0.300. The lowest BCUT2D eigenvalue weighted by Gasteiger charge is -2.36. The van der Waals surface area contributed by atoms with Crippen LogP contribution in [-0.4, -0.2) is 31.1 Å². The lowest BCUT2D eigenvalue weighted by atomic mass is 10.1. The molecule has 1 N–H and O–H groups in total. The van der Waals surface area contributed by atoms with Crippen LogP contribution in [0.5, 0.6) is 11.5 Å². The van der Waals surface area contributed by atoms with Gasteiger partial charge in [0.1, 0.15) is 17.5 Å². The first-order chi connectivity index (χ1) is 12.8. The third-order valence-corrected chi connectivity index (χ3v) is 4.68. The number of halogens is 1. The molecule has 2 unspecified atom stereocenters. The molecule has 0 spiro atoms. The Morgan fingerprint density at radius 2 is 2.04 bits per heavy atom. The van der Waals surface area contributed by atoms with E-state index >= 15 is 0 Å². The molecule has 2 aromatic carbocycles. The van der Waals surface area contributed by atoms with Crippen LogP contribution in [0.15, 0.2) is 36.4 Å². The van der Waals surface area contributed by atoms with E-state index in [-0.39, 0.29) is 11.8 Å². The third kappa shape index (κ3) is 3.71. The molecule has 0 aliphatic carbocycles. The second-order valence-electron chi connectivity index (χ2n) is 6.45. The number of carbonyl (C=O) groups excluding carboxylic acids is 2. The normalized spacial score (nSPS) is 17.0. The van der Waals surface area contributed by atoms with Crippen molar-refractivity contribution < 1.29 is 19.1 Å². The topological polar surface area (TPSA) is 67.9 Å². The number of aryl methyl sites for hydroxylation is 1. The van der Waals surface area contributed by atoms with Crippen LogP contribution in [0.1, 0.15) is 19.4 Å². The van der Waals surface area contributed by atoms with E-state index in [0.29, 0.717) is 27.9 Å². The highest BCUT2D eigenvalue weighted by molar-refractivity contribution is 6.31. The first-order valence-corrected chi connectivity index (χ1v) is 8.94. The molecule has 0 saturated heterocycles. The SMILES string of the molecule is COc1ccc(Cl)cc1NC(=O)C(C)N1C(=O)C(C)Oc2ccc(C)cc21. The molecule has 1 heterocycles. The van der Waals surface area contributed by atoms with Gasteiger partial charge in [0, 0.05) is 5.02 Å². The molecule has 27 heavy (non-hydrogen) atoms. The number of rotatable bonds is 4. The number of fused-ring (bicyclic) bond motifs is 1. The summed E-state index contributed by atoms with van der Waals surface area (Å²) in [6.45, 7) is 5.26. The minimum atomic E-state index is -0.756. The van der Waals surface area contributed by atoms with E-state index in [1.165, 1.54) is 12.0 Å². The van der Waals surface area contributed by atoms with Crippen LogP contribution in [0.4, 0.5) is 11.4 Å². The summed E-state index contributed by atoms with van der Waals surface area (Å²) in [6, 6.07) is 9.74. The lowest BCUT2D eigenvalue weighted by molar-refractivity contribution is -0.128. The molecule has 0 fully saturated rings. The largest absolute Gasteiger partial charge is 0.495 e. The molecule has 0 bridgehead atoms. The Labute approximate surface area is 163 Å². The smallest absolute Gasteiger partial charge is 0.268 e. The van der Waals surface area contributed by atoms with E-state index in [0.717, 1.165) is 5.56 Å².